The molecule has 0 unspecified atom stereocenters. The number of benzene rings is 1. The number of carboxylic acid groups (broad SMARTS) is 1. The van der Waals surface area contributed by atoms with Crippen molar-refractivity contribution >= 4 is 23.5 Å². The van der Waals surface area contributed by atoms with Crippen LogP contribution in [0, 0.1) is 11.7 Å². The second kappa shape index (κ2) is 4.45. The van der Waals surface area contributed by atoms with Gasteiger partial charge in [0.2, 0.25) is 5.91 Å². The largest absolute Gasteiger partial charge is 0.480 e. The standard InChI is InChI=1S/C14H13ClFNO3/c15-9-2-1-3-10(16)11(9)7-6-8(7)12(18)17-14(4-5-14)13(19)20/h1-3,7-8H,4-6H2,(H,17,18)(H,19,20)/t7-,8-/m1/s1. The van der Waals surface area contributed by atoms with E-state index in [1.807, 2.05) is 0 Å². The quantitative estimate of drug-likeness (QED) is 0.896. The smallest absolute Gasteiger partial charge is 0.329 e. The first-order chi connectivity index (χ1) is 9.44. The van der Waals surface area contributed by atoms with E-state index in [9.17, 15) is 14.0 Å². The maximum atomic E-state index is 13.7. The van der Waals surface area contributed by atoms with Gasteiger partial charge in [-0.25, -0.2) is 9.18 Å². The number of carbonyl (C=O) groups excluding carboxylic acids is 1. The van der Waals surface area contributed by atoms with Gasteiger partial charge in [0.15, 0.2) is 0 Å². The Bertz CT molecular complexity index is 580. The Morgan fingerprint density at radius 1 is 1.40 bits per heavy atom. The first kappa shape index (κ1) is 13.4. The molecule has 2 aliphatic carbocycles. The lowest BCUT2D eigenvalue weighted by molar-refractivity contribution is -0.143. The van der Waals surface area contributed by atoms with Crippen molar-refractivity contribution in [2.75, 3.05) is 0 Å². The Labute approximate surface area is 119 Å². The highest BCUT2D eigenvalue weighted by molar-refractivity contribution is 6.31. The molecule has 0 aliphatic heterocycles. The van der Waals surface area contributed by atoms with Crippen LogP contribution in [0.3, 0.4) is 0 Å². The first-order valence-corrected chi connectivity index (χ1v) is 6.82. The van der Waals surface area contributed by atoms with Crippen molar-refractivity contribution in [2.24, 2.45) is 5.92 Å². The molecule has 0 heterocycles. The number of carbonyl (C=O) groups is 2. The molecule has 2 atom stereocenters. The van der Waals surface area contributed by atoms with Crippen LogP contribution in [0.5, 0.6) is 0 Å². The molecular formula is C14H13ClFNO3. The topological polar surface area (TPSA) is 66.4 Å². The lowest BCUT2D eigenvalue weighted by Crippen LogP contribution is -2.43. The molecule has 2 fully saturated rings. The minimum atomic E-state index is -1.09. The number of rotatable bonds is 4. The normalized spacial score (nSPS) is 25.9. The molecule has 1 amide bonds. The Morgan fingerprint density at radius 2 is 2.10 bits per heavy atom. The summed E-state index contributed by atoms with van der Waals surface area (Å²) in [6.07, 6.45) is 1.40. The maximum Gasteiger partial charge on any atom is 0.329 e. The third kappa shape index (κ3) is 2.16. The molecule has 6 heteroatoms. The molecule has 0 saturated heterocycles. The van der Waals surface area contributed by atoms with Crippen LogP contribution in [-0.2, 0) is 9.59 Å². The Hall–Kier alpha value is -1.62. The van der Waals surface area contributed by atoms with Gasteiger partial charge in [-0.3, -0.25) is 4.79 Å². The van der Waals surface area contributed by atoms with Crippen molar-refractivity contribution < 1.29 is 19.1 Å². The maximum absolute atomic E-state index is 13.7. The summed E-state index contributed by atoms with van der Waals surface area (Å²) in [4.78, 5) is 23.1. The van der Waals surface area contributed by atoms with E-state index >= 15 is 0 Å². The highest BCUT2D eigenvalue weighted by atomic mass is 35.5. The summed E-state index contributed by atoms with van der Waals surface area (Å²) >= 11 is 5.96. The molecule has 106 valence electrons. The number of carboxylic acids is 1. The Balaban J connectivity index is 1.70. The highest BCUT2D eigenvalue weighted by Crippen LogP contribution is 2.51. The number of hydrogen-bond donors (Lipinski definition) is 2. The van der Waals surface area contributed by atoms with Gasteiger partial charge in [0, 0.05) is 22.4 Å². The van der Waals surface area contributed by atoms with Gasteiger partial charge in [0.05, 0.1) is 0 Å². The van der Waals surface area contributed by atoms with Gasteiger partial charge in [0.1, 0.15) is 11.4 Å². The van der Waals surface area contributed by atoms with E-state index in [0.29, 0.717) is 29.8 Å². The summed E-state index contributed by atoms with van der Waals surface area (Å²) in [5.41, 5.74) is -0.738. The van der Waals surface area contributed by atoms with Gasteiger partial charge in [0.25, 0.3) is 0 Å². The lowest BCUT2D eigenvalue weighted by atomic mass is 10.1. The Morgan fingerprint density at radius 3 is 2.65 bits per heavy atom. The lowest BCUT2D eigenvalue weighted by Gasteiger charge is -2.12. The van der Waals surface area contributed by atoms with Crippen LogP contribution in [-0.4, -0.2) is 22.5 Å². The molecule has 1 aromatic rings. The van der Waals surface area contributed by atoms with Crippen LogP contribution in [0.15, 0.2) is 18.2 Å². The van der Waals surface area contributed by atoms with Gasteiger partial charge in [-0.1, -0.05) is 17.7 Å². The summed E-state index contributed by atoms with van der Waals surface area (Å²) < 4.78 is 13.7. The monoisotopic (exact) mass is 297 g/mol. The number of aliphatic carboxylic acids is 1. The summed E-state index contributed by atoms with van der Waals surface area (Å²) in [5, 5.41) is 11.9. The number of hydrogen-bond acceptors (Lipinski definition) is 2. The third-order valence-electron chi connectivity index (χ3n) is 4.02. The van der Waals surface area contributed by atoms with Crippen LogP contribution in [0.2, 0.25) is 5.02 Å². The molecule has 0 aromatic heterocycles. The molecule has 1 aromatic carbocycles. The van der Waals surface area contributed by atoms with E-state index in [-0.39, 0.29) is 17.7 Å². The second-order valence-corrected chi connectivity index (χ2v) is 5.87. The van der Waals surface area contributed by atoms with Gasteiger partial charge in [-0.05, 0) is 31.4 Å². The van der Waals surface area contributed by atoms with Crippen molar-refractivity contribution in [1.29, 1.82) is 0 Å². The fraction of sp³-hybridized carbons (Fsp3) is 0.429. The predicted molar refractivity (Wildman–Crippen MR) is 70.0 cm³/mol. The number of nitrogens with one attached hydrogen (secondary N) is 1. The van der Waals surface area contributed by atoms with E-state index in [1.54, 1.807) is 6.07 Å². The fourth-order valence-electron chi connectivity index (χ4n) is 2.51. The van der Waals surface area contributed by atoms with Crippen molar-refractivity contribution in [3.05, 3.63) is 34.6 Å². The molecule has 0 spiro atoms. The number of amides is 1. The van der Waals surface area contributed by atoms with Crippen LogP contribution in [0.1, 0.15) is 30.7 Å². The summed E-state index contributed by atoms with van der Waals surface area (Å²) in [6.45, 7) is 0. The molecule has 20 heavy (non-hydrogen) atoms. The highest BCUT2D eigenvalue weighted by Gasteiger charge is 2.55. The van der Waals surface area contributed by atoms with Crippen molar-refractivity contribution in [1.82, 2.24) is 5.32 Å². The molecular weight excluding hydrogens is 285 g/mol. The molecule has 0 radical (unpaired) electrons. The average Bonchev–Trinajstić information content (AvgIpc) is 3.22. The van der Waals surface area contributed by atoms with E-state index in [0.717, 1.165) is 0 Å². The third-order valence-corrected chi connectivity index (χ3v) is 4.35. The van der Waals surface area contributed by atoms with Crippen molar-refractivity contribution in [3.63, 3.8) is 0 Å². The summed E-state index contributed by atoms with van der Waals surface area (Å²) in [6, 6.07) is 4.42. The van der Waals surface area contributed by atoms with Crippen molar-refractivity contribution in [3.8, 4) is 0 Å². The second-order valence-electron chi connectivity index (χ2n) is 5.46. The van der Waals surface area contributed by atoms with Gasteiger partial charge >= 0.3 is 5.97 Å². The van der Waals surface area contributed by atoms with E-state index in [1.165, 1.54) is 12.1 Å². The van der Waals surface area contributed by atoms with Gasteiger partial charge < -0.3 is 10.4 Å². The summed E-state index contributed by atoms with van der Waals surface area (Å²) in [7, 11) is 0. The number of halogens is 2. The zero-order valence-corrected chi connectivity index (χ0v) is 11.3. The van der Waals surface area contributed by atoms with Gasteiger partial charge in [-0.2, -0.15) is 0 Å². The van der Waals surface area contributed by atoms with Crippen LogP contribution in [0.4, 0.5) is 4.39 Å². The Kier molecular flexibility index (Phi) is 2.97. The zero-order chi connectivity index (χ0) is 14.5. The van der Waals surface area contributed by atoms with Crippen LogP contribution < -0.4 is 5.32 Å². The SMILES string of the molecule is O=C(NC1(C(=O)O)CC1)[C@@H]1C[C@H]1c1c(F)cccc1Cl. The minimum Gasteiger partial charge on any atom is -0.480 e. The average molecular weight is 298 g/mol. The minimum absolute atomic E-state index is 0.256. The zero-order valence-electron chi connectivity index (χ0n) is 10.5. The molecule has 3 rings (SSSR count). The molecule has 2 saturated carbocycles. The molecule has 0 bridgehead atoms. The van der Waals surface area contributed by atoms with E-state index in [2.05, 4.69) is 5.32 Å². The molecule has 2 aliphatic rings. The van der Waals surface area contributed by atoms with E-state index in [4.69, 9.17) is 16.7 Å². The van der Waals surface area contributed by atoms with Crippen LogP contribution in [0.25, 0.3) is 0 Å². The molecule has 4 nitrogen and oxygen atoms in total. The predicted octanol–water partition coefficient (Wildman–Crippen LogP) is 2.32. The van der Waals surface area contributed by atoms with Gasteiger partial charge in [-0.15, -0.1) is 0 Å². The fourth-order valence-corrected chi connectivity index (χ4v) is 2.82. The summed E-state index contributed by atoms with van der Waals surface area (Å²) in [5.74, 6) is -2.40. The molecule has 2 N–H and O–H groups in total. The van der Waals surface area contributed by atoms with Crippen molar-refractivity contribution in [2.45, 2.75) is 30.7 Å². The first-order valence-electron chi connectivity index (χ1n) is 6.44. The van der Waals surface area contributed by atoms with E-state index < -0.39 is 17.3 Å². The van der Waals surface area contributed by atoms with Crippen LogP contribution >= 0.6 is 11.6 Å².